The first-order chi connectivity index (χ1) is 7.40. The molecule has 0 saturated heterocycles. The Kier molecular flexibility index (Phi) is 4.33. The Morgan fingerprint density at radius 2 is 2.00 bits per heavy atom. The van der Waals surface area contributed by atoms with Crippen LogP contribution in [0.1, 0.15) is 46.0 Å². The topological polar surface area (TPSA) is 58.6 Å². The fourth-order valence-electron chi connectivity index (χ4n) is 2.19. The molecule has 16 heavy (non-hydrogen) atoms. The van der Waals surface area contributed by atoms with Crippen molar-refractivity contribution in [2.75, 3.05) is 13.7 Å². The van der Waals surface area contributed by atoms with E-state index < -0.39 is 11.6 Å². The lowest BCUT2D eigenvalue weighted by molar-refractivity contribution is -0.160. The van der Waals surface area contributed by atoms with Gasteiger partial charge in [-0.25, -0.2) is 4.79 Å². The molecule has 0 aromatic rings. The van der Waals surface area contributed by atoms with E-state index in [-0.39, 0.29) is 12.1 Å². The molecular formula is C12H23NO3. The number of aliphatic hydroxyl groups is 1. The summed E-state index contributed by atoms with van der Waals surface area (Å²) in [6.07, 6.45) is 5.91. The van der Waals surface area contributed by atoms with Crippen molar-refractivity contribution < 1.29 is 14.6 Å². The van der Waals surface area contributed by atoms with Crippen LogP contribution in [0, 0.1) is 0 Å². The third-order valence-corrected chi connectivity index (χ3v) is 3.44. The van der Waals surface area contributed by atoms with E-state index in [0.717, 1.165) is 12.8 Å². The van der Waals surface area contributed by atoms with Crippen LogP contribution in [0.4, 0.5) is 0 Å². The van der Waals surface area contributed by atoms with Crippen LogP contribution in [0.3, 0.4) is 0 Å². The van der Waals surface area contributed by atoms with E-state index in [1.807, 2.05) is 0 Å². The molecule has 0 heterocycles. The zero-order valence-electron chi connectivity index (χ0n) is 10.5. The molecule has 94 valence electrons. The lowest BCUT2D eigenvalue weighted by Gasteiger charge is -2.36. The second-order valence-electron chi connectivity index (χ2n) is 5.24. The summed E-state index contributed by atoms with van der Waals surface area (Å²) < 4.78 is 4.56. The Balaban J connectivity index is 2.46. The molecule has 1 fully saturated rings. The van der Waals surface area contributed by atoms with Gasteiger partial charge in [0.2, 0.25) is 0 Å². The van der Waals surface area contributed by atoms with Crippen LogP contribution in [-0.2, 0) is 9.53 Å². The highest BCUT2D eigenvalue weighted by Crippen LogP contribution is 2.27. The Bertz CT molecular complexity index is 245. The molecule has 0 amide bonds. The van der Waals surface area contributed by atoms with Crippen LogP contribution in [0.5, 0.6) is 0 Å². The maximum atomic E-state index is 11.3. The number of methoxy groups -OCH3 is 1. The lowest BCUT2D eigenvalue weighted by Crippen LogP contribution is -2.53. The highest BCUT2D eigenvalue weighted by atomic mass is 16.5. The van der Waals surface area contributed by atoms with Crippen molar-refractivity contribution in [2.45, 2.75) is 57.1 Å². The fraction of sp³-hybridized carbons (Fsp3) is 0.917. The zero-order chi connectivity index (χ0) is 12.2. The van der Waals surface area contributed by atoms with Crippen molar-refractivity contribution in [1.82, 2.24) is 5.32 Å². The van der Waals surface area contributed by atoms with Crippen LogP contribution in [0.2, 0.25) is 0 Å². The van der Waals surface area contributed by atoms with Crippen molar-refractivity contribution in [3.63, 3.8) is 0 Å². The van der Waals surface area contributed by atoms with Gasteiger partial charge in [-0.15, -0.1) is 0 Å². The molecule has 0 radical (unpaired) electrons. The van der Waals surface area contributed by atoms with Crippen molar-refractivity contribution in [3.05, 3.63) is 0 Å². The summed E-state index contributed by atoms with van der Waals surface area (Å²) in [5.41, 5.74) is -1.38. The summed E-state index contributed by atoms with van der Waals surface area (Å²) in [5.74, 6) is -0.584. The number of rotatable bonds is 4. The molecule has 0 aromatic carbocycles. The van der Waals surface area contributed by atoms with Crippen LogP contribution >= 0.6 is 0 Å². The number of carbonyl (C=O) groups is 1. The van der Waals surface area contributed by atoms with E-state index in [9.17, 15) is 9.90 Å². The first-order valence-corrected chi connectivity index (χ1v) is 5.95. The second kappa shape index (κ2) is 5.15. The molecule has 0 aliphatic heterocycles. The summed E-state index contributed by atoms with van der Waals surface area (Å²) in [5, 5.41) is 13.2. The Hall–Kier alpha value is -0.610. The molecule has 1 aliphatic carbocycles. The second-order valence-corrected chi connectivity index (χ2v) is 5.24. The molecule has 0 aromatic heterocycles. The van der Waals surface area contributed by atoms with Gasteiger partial charge in [0, 0.05) is 12.1 Å². The molecule has 1 atom stereocenters. The van der Waals surface area contributed by atoms with Gasteiger partial charge < -0.3 is 15.2 Å². The predicted molar refractivity (Wildman–Crippen MR) is 62.1 cm³/mol. The number of esters is 1. The van der Waals surface area contributed by atoms with Crippen molar-refractivity contribution in [3.8, 4) is 0 Å². The summed E-state index contributed by atoms with van der Waals surface area (Å²) in [4.78, 5) is 11.3. The molecule has 1 rings (SSSR count). The highest BCUT2D eigenvalue weighted by molar-refractivity contribution is 5.78. The average molecular weight is 229 g/mol. The Morgan fingerprint density at radius 1 is 1.44 bits per heavy atom. The van der Waals surface area contributed by atoms with Crippen LogP contribution in [0.25, 0.3) is 0 Å². The average Bonchev–Trinajstić information content (AvgIpc) is 2.27. The third-order valence-electron chi connectivity index (χ3n) is 3.44. The quantitative estimate of drug-likeness (QED) is 0.712. The molecule has 0 bridgehead atoms. The van der Waals surface area contributed by atoms with Crippen molar-refractivity contribution >= 4 is 5.97 Å². The number of β-amino-alcohol motifs (C(OH)–C–C–N with tert-alkyl or cyclic N) is 1. The van der Waals surface area contributed by atoms with Gasteiger partial charge in [-0.2, -0.15) is 0 Å². The summed E-state index contributed by atoms with van der Waals surface area (Å²) >= 11 is 0. The van der Waals surface area contributed by atoms with E-state index in [4.69, 9.17) is 0 Å². The van der Waals surface area contributed by atoms with Crippen molar-refractivity contribution in [2.24, 2.45) is 0 Å². The predicted octanol–water partition coefficient (Wildman–Crippen LogP) is 1.22. The Morgan fingerprint density at radius 3 is 2.50 bits per heavy atom. The summed E-state index contributed by atoms with van der Waals surface area (Å²) in [7, 11) is 1.29. The minimum atomic E-state index is -1.44. The van der Waals surface area contributed by atoms with Crippen LogP contribution in [-0.4, -0.2) is 35.9 Å². The number of hydrogen-bond donors (Lipinski definition) is 2. The molecule has 1 saturated carbocycles. The van der Waals surface area contributed by atoms with Gasteiger partial charge in [0.25, 0.3) is 0 Å². The lowest BCUT2D eigenvalue weighted by atomic mass is 9.83. The first kappa shape index (κ1) is 13.5. The maximum Gasteiger partial charge on any atom is 0.338 e. The first-order valence-electron chi connectivity index (χ1n) is 5.95. The van der Waals surface area contributed by atoms with Gasteiger partial charge in [0.1, 0.15) is 0 Å². The monoisotopic (exact) mass is 229 g/mol. The number of hydrogen-bond acceptors (Lipinski definition) is 4. The minimum absolute atomic E-state index is 0.0518. The molecule has 2 N–H and O–H groups in total. The zero-order valence-corrected chi connectivity index (χ0v) is 10.5. The molecule has 1 aliphatic rings. The van der Waals surface area contributed by atoms with Gasteiger partial charge in [0.15, 0.2) is 5.60 Å². The fourth-order valence-corrected chi connectivity index (χ4v) is 2.19. The van der Waals surface area contributed by atoms with E-state index in [0.29, 0.717) is 0 Å². The molecular weight excluding hydrogens is 206 g/mol. The molecule has 4 nitrogen and oxygen atoms in total. The van der Waals surface area contributed by atoms with Crippen molar-refractivity contribution in [1.29, 1.82) is 0 Å². The highest BCUT2D eigenvalue weighted by Gasteiger charge is 2.35. The maximum absolute atomic E-state index is 11.3. The standard InChI is InChI=1S/C12H23NO3/c1-11(7-5-4-6-8-11)13-9-12(2,15)10(14)16-3/h13,15H,4-9H2,1-3H3. The minimum Gasteiger partial charge on any atom is -0.467 e. The summed E-state index contributed by atoms with van der Waals surface area (Å²) in [6, 6.07) is 0. The van der Waals surface area contributed by atoms with E-state index in [1.165, 1.54) is 33.3 Å². The molecule has 1 unspecified atom stereocenters. The van der Waals surface area contributed by atoms with Gasteiger partial charge in [-0.3, -0.25) is 0 Å². The van der Waals surface area contributed by atoms with Gasteiger partial charge in [-0.1, -0.05) is 19.3 Å². The third kappa shape index (κ3) is 3.46. The number of ether oxygens (including phenoxy) is 1. The van der Waals surface area contributed by atoms with Crippen LogP contribution in [0.15, 0.2) is 0 Å². The van der Waals surface area contributed by atoms with E-state index in [2.05, 4.69) is 17.0 Å². The van der Waals surface area contributed by atoms with E-state index in [1.54, 1.807) is 0 Å². The van der Waals surface area contributed by atoms with Crippen LogP contribution < -0.4 is 5.32 Å². The van der Waals surface area contributed by atoms with E-state index >= 15 is 0 Å². The molecule has 0 spiro atoms. The van der Waals surface area contributed by atoms with Gasteiger partial charge in [-0.05, 0) is 26.7 Å². The van der Waals surface area contributed by atoms with Gasteiger partial charge in [0.05, 0.1) is 7.11 Å². The largest absolute Gasteiger partial charge is 0.467 e. The Labute approximate surface area is 97.4 Å². The summed E-state index contributed by atoms with van der Waals surface area (Å²) in [6.45, 7) is 3.88. The number of nitrogens with one attached hydrogen (secondary N) is 1. The molecule has 4 heteroatoms. The number of carbonyl (C=O) groups excluding carboxylic acids is 1. The normalized spacial score (nSPS) is 23.5. The smallest absolute Gasteiger partial charge is 0.338 e. The SMILES string of the molecule is COC(=O)C(C)(O)CNC1(C)CCCCC1. The van der Waals surface area contributed by atoms with Gasteiger partial charge >= 0.3 is 5.97 Å².